The van der Waals surface area contributed by atoms with Crippen LogP contribution in [0.2, 0.25) is 0 Å². The minimum Gasteiger partial charge on any atom is -0.497 e. The monoisotopic (exact) mass is 365 g/mol. The van der Waals surface area contributed by atoms with Gasteiger partial charge >= 0.3 is 0 Å². The molecule has 0 spiro atoms. The van der Waals surface area contributed by atoms with E-state index < -0.39 is 0 Å². The summed E-state index contributed by atoms with van der Waals surface area (Å²) >= 11 is 0. The molecule has 0 bridgehead atoms. The molecule has 6 heteroatoms. The fourth-order valence-electron chi connectivity index (χ4n) is 3.60. The summed E-state index contributed by atoms with van der Waals surface area (Å²) in [5.74, 6) is 2.87. The van der Waals surface area contributed by atoms with Gasteiger partial charge in [0.1, 0.15) is 23.9 Å². The molecule has 140 valence electrons. The largest absolute Gasteiger partial charge is 0.497 e. The molecule has 27 heavy (non-hydrogen) atoms. The van der Waals surface area contributed by atoms with Crippen LogP contribution in [0.4, 0.5) is 0 Å². The van der Waals surface area contributed by atoms with E-state index in [4.69, 9.17) is 14.5 Å². The molecule has 0 aliphatic carbocycles. The average molecular weight is 365 g/mol. The van der Waals surface area contributed by atoms with Crippen molar-refractivity contribution in [3.63, 3.8) is 0 Å². The van der Waals surface area contributed by atoms with E-state index in [1.165, 1.54) is 0 Å². The molecule has 1 atom stereocenters. The molecule has 1 unspecified atom stereocenters. The number of benzene rings is 2. The van der Waals surface area contributed by atoms with Crippen LogP contribution in [0.5, 0.6) is 11.5 Å². The Morgan fingerprint density at radius 2 is 1.85 bits per heavy atom. The van der Waals surface area contributed by atoms with Crippen LogP contribution in [0.15, 0.2) is 48.5 Å². The zero-order chi connectivity index (χ0) is 18.8. The molecule has 1 aliphatic heterocycles. The van der Waals surface area contributed by atoms with E-state index in [2.05, 4.69) is 10.6 Å². The lowest BCUT2D eigenvalue weighted by atomic mass is 10.1. The third kappa shape index (κ3) is 3.47. The number of fused-ring (bicyclic) bond motifs is 1. The van der Waals surface area contributed by atoms with Gasteiger partial charge in [0.15, 0.2) is 0 Å². The second-order valence-corrected chi connectivity index (χ2v) is 6.81. The van der Waals surface area contributed by atoms with E-state index in [0.717, 1.165) is 28.4 Å². The molecule has 0 radical (unpaired) electrons. The smallest absolute Gasteiger partial charge is 0.223 e. The van der Waals surface area contributed by atoms with Crippen molar-refractivity contribution in [2.75, 3.05) is 27.3 Å². The maximum atomic E-state index is 12.0. The highest BCUT2D eigenvalue weighted by molar-refractivity contribution is 5.80. The van der Waals surface area contributed by atoms with E-state index in [1.807, 2.05) is 49.5 Å². The summed E-state index contributed by atoms with van der Waals surface area (Å²) in [4.78, 5) is 18.6. The number of aromatic nitrogens is 2. The number of amides is 1. The van der Waals surface area contributed by atoms with Gasteiger partial charge in [0.25, 0.3) is 0 Å². The number of para-hydroxylation sites is 2. The molecule has 1 aromatic heterocycles. The van der Waals surface area contributed by atoms with Crippen LogP contribution in [-0.4, -0.2) is 47.7 Å². The molecule has 2 heterocycles. The number of carbonyl (C=O) groups excluding carboxylic acids is 1. The number of methoxy groups -OCH3 is 1. The van der Waals surface area contributed by atoms with Gasteiger partial charge in [0, 0.05) is 25.9 Å². The molecular weight excluding hydrogens is 342 g/mol. The molecular formula is C21H23N3O3. The molecule has 1 saturated heterocycles. The topological polar surface area (TPSA) is 56.6 Å². The minimum absolute atomic E-state index is 0.121. The Kier molecular flexibility index (Phi) is 4.71. The highest BCUT2D eigenvalue weighted by atomic mass is 16.5. The van der Waals surface area contributed by atoms with Gasteiger partial charge in [0.05, 0.1) is 24.7 Å². The molecule has 3 aromatic rings. The number of likely N-dealkylation sites (N-methyl/N-ethyl adjacent to an activating group) is 1. The summed E-state index contributed by atoms with van der Waals surface area (Å²) in [5, 5.41) is 0. The molecule has 1 aliphatic rings. The van der Waals surface area contributed by atoms with Crippen molar-refractivity contribution >= 4 is 16.9 Å². The van der Waals surface area contributed by atoms with Gasteiger partial charge in [-0.1, -0.05) is 12.1 Å². The van der Waals surface area contributed by atoms with Crippen LogP contribution in [-0.2, 0) is 11.3 Å². The first-order chi connectivity index (χ1) is 13.2. The SMILES string of the molecule is COc1ccc(OCCn2c(C3CC(=O)N(C)C3)nc3ccccc32)cc1. The maximum Gasteiger partial charge on any atom is 0.223 e. The number of rotatable bonds is 6. The fraction of sp³-hybridized carbons (Fsp3) is 0.333. The Hall–Kier alpha value is -3.02. The molecule has 1 fully saturated rings. The maximum absolute atomic E-state index is 12.0. The molecule has 4 rings (SSSR count). The van der Waals surface area contributed by atoms with Crippen molar-refractivity contribution in [1.29, 1.82) is 0 Å². The second-order valence-electron chi connectivity index (χ2n) is 6.81. The van der Waals surface area contributed by atoms with Crippen LogP contribution >= 0.6 is 0 Å². The van der Waals surface area contributed by atoms with Crippen molar-refractivity contribution in [3.05, 3.63) is 54.4 Å². The van der Waals surface area contributed by atoms with E-state index >= 15 is 0 Å². The molecule has 2 aromatic carbocycles. The van der Waals surface area contributed by atoms with Gasteiger partial charge in [0.2, 0.25) is 5.91 Å². The lowest BCUT2D eigenvalue weighted by Gasteiger charge is -2.14. The summed E-state index contributed by atoms with van der Waals surface area (Å²) in [6, 6.07) is 15.6. The lowest BCUT2D eigenvalue weighted by molar-refractivity contribution is -0.126. The molecule has 0 saturated carbocycles. The predicted molar refractivity (Wildman–Crippen MR) is 103 cm³/mol. The third-order valence-corrected chi connectivity index (χ3v) is 5.03. The zero-order valence-corrected chi connectivity index (χ0v) is 15.6. The number of nitrogens with zero attached hydrogens (tertiary/aromatic N) is 3. The van der Waals surface area contributed by atoms with Crippen molar-refractivity contribution in [2.24, 2.45) is 0 Å². The second kappa shape index (κ2) is 7.31. The number of hydrogen-bond donors (Lipinski definition) is 0. The van der Waals surface area contributed by atoms with E-state index in [1.54, 1.807) is 12.0 Å². The summed E-state index contributed by atoms with van der Waals surface area (Å²) < 4.78 is 13.3. The van der Waals surface area contributed by atoms with Crippen LogP contribution < -0.4 is 9.47 Å². The van der Waals surface area contributed by atoms with Crippen LogP contribution in [0, 0.1) is 0 Å². The van der Waals surface area contributed by atoms with Crippen molar-refractivity contribution in [2.45, 2.75) is 18.9 Å². The van der Waals surface area contributed by atoms with Crippen LogP contribution in [0.1, 0.15) is 18.2 Å². The quantitative estimate of drug-likeness (QED) is 0.674. The lowest BCUT2D eigenvalue weighted by Crippen LogP contribution is -2.19. The Balaban J connectivity index is 1.54. The minimum atomic E-state index is 0.121. The van der Waals surface area contributed by atoms with Gasteiger partial charge in [-0.3, -0.25) is 4.79 Å². The first-order valence-corrected chi connectivity index (χ1v) is 9.11. The van der Waals surface area contributed by atoms with Gasteiger partial charge in [-0.25, -0.2) is 4.98 Å². The molecule has 0 N–H and O–H groups in total. The summed E-state index contributed by atoms with van der Waals surface area (Å²) in [7, 11) is 3.49. The highest BCUT2D eigenvalue weighted by Gasteiger charge is 2.31. The molecule has 6 nitrogen and oxygen atoms in total. The van der Waals surface area contributed by atoms with E-state index in [-0.39, 0.29) is 11.8 Å². The summed E-state index contributed by atoms with van der Waals surface area (Å²) in [5.41, 5.74) is 2.03. The first kappa shape index (κ1) is 17.4. The predicted octanol–water partition coefficient (Wildman–Crippen LogP) is 3.07. The Morgan fingerprint density at radius 3 is 2.56 bits per heavy atom. The zero-order valence-electron chi connectivity index (χ0n) is 15.6. The van der Waals surface area contributed by atoms with E-state index in [0.29, 0.717) is 26.1 Å². The Bertz CT molecular complexity index is 949. The Morgan fingerprint density at radius 1 is 1.11 bits per heavy atom. The summed E-state index contributed by atoms with van der Waals surface area (Å²) in [6.45, 7) is 1.91. The third-order valence-electron chi connectivity index (χ3n) is 5.03. The Labute approximate surface area is 158 Å². The number of imidazole rings is 1. The van der Waals surface area contributed by atoms with Crippen molar-refractivity contribution < 1.29 is 14.3 Å². The number of likely N-dealkylation sites (tertiary alicyclic amines) is 1. The summed E-state index contributed by atoms with van der Waals surface area (Å²) in [6.07, 6.45) is 0.513. The fourth-order valence-corrected chi connectivity index (χ4v) is 3.60. The highest BCUT2D eigenvalue weighted by Crippen LogP contribution is 2.29. The van der Waals surface area contributed by atoms with Gasteiger partial charge < -0.3 is 18.9 Å². The van der Waals surface area contributed by atoms with Gasteiger partial charge in [-0.2, -0.15) is 0 Å². The van der Waals surface area contributed by atoms with Crippen LogP contribution in [0.3, 0.4) is 0 Å². The number of hydrogen-bond acceptors (Lipinski definition) is 4. The van der Waals surface area contributed by atoms with Crippen molar-refractivity contribution in [1.82, 2.24) is 14.5 Å². The standard InChI is InChI=1S/C21H23N3O3/c1-23-14-15(13-20(23)25)21-22-18-5-3-4-6-19(18)24(21)11-12-27-17-9-7-16(26-2)8-10-17/h3-10,15H,11-14H2,1-2H3. The van der Waals surface area contributed by atoms with Gasteiger partial charge in [-0.05, 0) is 36.4 Å². The van der Waals surface area contributed by atoms with Gasteiger partial charge in [-0.15, -0.1) is 0 Å². The van der Waals surface area contributed by atoms with Crippen LogP contribution in [0.25, 0.3) is 11.0 Å². The normalized spacial score (nSPS) is 16.9. The number of ether oxygens (including phenoxy) is 2. The molecule has 1 amide bonds. The number of carbonyl (C=O) groups is 1. The average Bonchev–Trinajstić information content (AvgIpc) is 3.22. The van der Waals surface area contributed by atoms with Crippen molar-refractivity contribution in [3.8, 4) is 11.5 Å². The first-order valence-electron chi connectivity index (χ1n) is 9.11. The van der Waals surface area contributed by atoms with E-state index in [9.17, 15) is 4.79 Å².